The summed E-state index contributed by atoms with van der Waals surface area (Å²) in [5.74, 6) is 2.77. The fourth-order valence-electron chi connectivity index (χ4n) is 4.74. The number of benzene rings is 2. The molecule has 3 aromatic rings. The number of rotatable bonds is 6. The van der Waals surface area contributed by atoms with Crippen molar-refractivity contribution < 1.29 is 14.3 Å². The lowest BCUT2D eigenvalue weighted by atomic mass is 10.0. The number of amides is 2. The van der Waals surface area contributed by atoms with Crippen LogP contribution in [0, 0.1) is 0 Å². The van der Waals surface area contributed by atoms with Crippen LogP contribution in [0.2, 0.25) is 0 Å². The predicted octanol–water partition coefficient (Wildman–Crippen LogP) is 4.74. The van der Waals surface area contributed by atoms with Gasteiger partial charge in [0.05, 0.1) is 24.9 Å². The van der Waals surface area contributed by atoms with Gasteiger partial charge in [-0.2, -0.15) is 4.98 Å². The minimum absolute atomic E-state index is 0.153. The number of hydrogen-bond donors (Lipinski definition) is 1. The molecule has 1 fully saturated rings. The first-order valence-electron chi connectivity index (χ1n) is 13.2. The Hall–Kier alpha value is -3.85. The molecule has 5 rings (SSSR count). The van der Waals surface area contributed by atoms with E-state index in [9.17, 15) is 4.79 Å². The Bertz CT molecular complexity index is 1270. The van der Waals surface area contributed by atoms with Gasteiger partial charge in [-0.1, -0.05) is 38.1 Å². The van der Waals surface area contributed by atoms with Gasteiger partial charge in [0.1, 0.15) is 0 Å². The summed E-state index contributed by atoms with van der Waals surface area (Å²) in [7, 11) is 3.74. The molecule has 0 bridgehead atoms. The topological polar surface area (TPSA) is 83.1 Å². The molecule has 2 amide bonds. The van der Waals surface area contributed by atoms with Crippen LogP contribution in [0.1, 0.15) is 36.6 Å². The summed E-state index contributed by atoms with van der Waals surface area (Å²) in [6.45, 7) is 8.85. The largest absolute Gasteiger partial charge is 0.493 e. The normalized spacial score (nSPS) is 15.8. The number of nitrogens with one attached hydrogen (secondary N) is 1. The molecule has 1 aromatic heterocycles. The maximum absolute atomic E-state index is 13.2. The van der Waals surface area contributed by atoms with Crippen LogP contribution in [0.3, 0.4) is 0 Å². The molecule has 2 aliphatic heterocycles. The summed E-state index contributed by atoms with van der Waals surface area (Å²) in [5, 5.41) is 3.04. The van der Waals surface area contributed by atoms with Gasteiger partial charge in [0.2, 0.25) is 11.8 Å². The van der Waals surface area contributed by atoms with E-state index in [0.29, 0.717) is 48.8 Å². The number of methoxy groups -OCH3 is 1. The van der Waals surface area contributed by atoms with Gasteiger partial charge in [-0.15, -0.1) is 0 Å². The summed E-state index contributed by atoms with van der Waals surface area (Å²) >= 11 is 0. The van der Waals surface area contributed by atoms with E-state index in [2.05, 4.69) is 48.1 Å². The van der Waals surface area contributed by atoms with Gasteiger partial charge in [0.15, 0.2) is 11.5 Å². The fraction of sp³-hybridized carbons (Fsp3) is 0.414. The number of piperazine rings is 1. The standard InChI is InChI=1S/C29H36N6O3/c1-20(2)21-9-11-22(12-10-21)30-29(36)35-14-13-24-23(19-35)27(38-26-8-6-5-7-25(26)37-4)32-28(31-24)34-17-15-33(3)16-18-34/h5-12,20H,13-19H2,1-4H3,(H,30,36). The number of ether oxygens (including phenoxy) is 2. The Morgan fingerprint density at radius 3 is 2.34 bits per heavy atom. The van der Waals surface area contributed by atoms with E-state index in [1.165, 1.54) is 5.56 Å². The Morgan fingerprint density at radius 1 is 0.947 bits per heavy atom. The molecule has 0 radical (unpaired) electrons. The highest BCUT2D eigenvalue weighted by Crippen LogP contribution is 2.35. The van der Waals surface area contributed by atoms with Gasteiger partial charge < -0.3 is 29.5 Å². The highest BCUT2D eigenvalue weighted by atomic mass is 16.5. The SMILES string of the molecule is COc1ccccc1Oc1nc(N2CCN(C)CC2)nc2c1CN(C(=O)Nc1ccc(C(C)C)cc1)CC2. The highest BCUT2D eigenvalue weighted by molar-refractivity contribution is 5.89. The first-order chi connectivity index (χ1) is 18.4. The summed E-state index contributed by atoms with van der Waals surface area (Å²) in [5.41, 5.74) is 3.76. The van der Waals surface area contributed by atoms with E-state index < -0.39 is 0 Å². The number of likely N-dealkylation sites (N-methyl/N-ethyl adjacent to an activating group) is 1. The summed E-state index contributed by atoms with van der Waals surface area (Å²) < 4.78 is 11.9. The minimum Gasteiger partial charge on any atom is -0.493 e. The van der Waals surface area contributed by atoms with Crippen LogP contribution in [0.15, 0.2) is 48.5 Å². The number of fused-ring (bicyclic) bond motifs is 1. The van der Waals surface area contributed by atoms with Crippen molar-refractivity contribution in [3.63, 3.8) is 0 Å². The maximum Gasteiger partial charge on any atom is 0.322 e. The molecule has 1 N–H and O–H groups in total. The van der Waals surface area contributed by atoms with Crippen LogP contribution < -0.4 is 19.7 Å². The van der Waals surface area contributed by atoms with E-state index in [4.69, 9.17) is 19.4 Å². The molecule has 2 aliphatic rings. The van der Waals surface area contributed by atoms with E-state index in [1.54, 1.807) is 12.0 Å². The van der Waals surface area contributed by atoms with Crippen LogP contribution in [-0.2, 0) is 13.0 Å². The molecule has 1 saturated heterocycles. The van der Waals surface area contributed by atoms with Crippen LogP contribution in [0.4, 0.5) is 16.4 Å². The van der Waals surface area contributed by atoms with Gasteiger partial charge >= 0.3 is 6.03 Å². The second kappa shape index (κ2) is 11.3. The molecule has 0 aliphatic carbocycles. The monoisotopic (exact) mass is 516 g/mol. The second-order valence-corrected chi connectivity index (χ2v) is 10.2. The molecular weight excluding hydrogens is 480 g/mol. The van der Waals surface area contributed by atoms with Crippen LogP contribution in [0.5, 0.6) is 17.4 Å². The molecule has 9 nitrogen and oxygen atoms in total. The molecule has 3 heterocycles. The summed E-state index contributed by atoms with van der Waals surface area (Å²) in [6, 6.07) is 15.4. The van der Waals surface area contributed by atoms with Crippen molar-refractivity contribution in [1.29, 1.82) is 0 Å². The highest BCUT2D eigenvalue weighted by Gasteiger charge is 2.29. The van der Waals surface area contributed by atoms with Gasteiger partial charge in [0.25, 0.3) is 0 Å². The zero-order valence-electron chi connectivity index (χ0n) is 22.6. The van der Waals surface area contributed by atoms with E-state index in [-0.39, 0.29) is 6.03 Å². The molecule has 0 spiro atoms. The maximum atomic E-state index is 13.2. The van der Waals surface area contributed by atoms with Crippen LogP contribution in [0.25, 0.3) is 0 Å². The lowest BCUT2D eigenvalue weighted by Gasteiger charge is -2.34. The third-order valence-corrected chi connectivity index (χ3v) is 7.19. The van der Waals surface area contributed by atoms with Crippen molar-refractivity contribution >= 4 is 17.7 Å². The number of carbonyl (C=O) groups is 1. The third-order valence-electron chi connectivity index (χ3n) is 7.19. The van der Waals surface area contributed by atoms with Crippen LogP contribution in [-0.4, -0.2) is 72.7 Å². The molecule has 0 unspecified atom stereocenters. The minimum atomic E-state index is -0.153. The Kier molecular flexibility index (Phi) is 7.64. The quantitative estimate of drug-likeness (QED) is 0.507. The lowest BCUT2D eigenvalue weighted by molar-refractivity contribution is 0.204. The van der Waals surface area contributed by atoms with Crippen molar-refractivity contribution in [3.05, 3.63) is 65.4 Å². The smallest absolute Gasteiger partial charge is 0.322 e. The number of para-hydroxylation sites is 2. The number of nitrogens with zero attached hydrogens (tertiary/aromatic N) is 5. The lowest BCUT2D eigenvalue weighted by Crippen LogP contribution is -2.45. The fourth-order valence-corrected chi connectivity index (χ4v) is 4.74. The van der Waals surface area contributed by atoms with Crippen molar-refractivity contribution in [2.24, 2.45) is 0 Å². The number of hydrogen-bond acceptors (Lipinski definition) is 7. The third kappa shape index (κ3) is 5.67. The average molecular weight is 517 g/mol. The van der Waals surface area contributed by atoms with E-state index >= 15 is 0 Å². The van der Waals surface area contributed by atoms with Gasteiger partial charge in [0, 0.05) is 44.8 Å². The van der Waals surface area contributed by atoms with Gasteiger partial charge in [-0.3, -0.25) is 0 Å². The van der Waals surface area contributed by atoms with E-state index in [1.807, 2.05) is 36.4 Å². The Morgan fingerprint density at radius 2 is 1.66 bits per heavy atom. The molecule has 38 heavy (non-hydrogen) atoms. The molecule has 9 heteroatoms. The van der Waals surface area contributed by atoms with Gasteiger partial charge in [-0.25, -0.2) is 9.78 Å². The molecule has 0 saturated carbocycles. The van der Waals surface area contributed by atoms with Crippen molar-refractivity contribution in [3.8, 4) is 17.4 Å². The Labute approximate surface area is 224 Å². The van der Waals surface area contributed by atoms with Crippen molar-refractivity contribution in [2.75, 3.05) is 57.1 Å². The Balaban J connectivity index is 1.41. The molecule has 200 valence electrons. The zero-order chi connectivity index (χ0) is 26.6. The second-order valence-electron chi connectivity index (χ2n) is 10.2. The van der Waals surface area contributed by atoms with Crippen molar-refractivity contribution in [1.82, 2.24) is 19.8 Å². The molecular formula is C29H36N6O3. The first-order valence-corrected chi connectivity index (χ1v) is 13.2. The van der Waals surface area contributed by atoms with Gasteiger partial charge in [-0.05, 0) is 42.8 Å². The number of carbonyl (C=O) groups excluding carboxylic acids is 1. The van der Waals surface area contributed by atoms with Crippen LogP contribution >= 0.6 is 0 Å². The average Bonchev–Trinajstić information content (AvgIpc) is 2.93. The molecule has 2 aromatic carbocycles. The van der Waals surface area contributed by atoms with E-state index in [0.717, 1.165) is 43.1 Å². The summed E-state index contributed by atoms with van der Waals surface area (Å²) in [6.07, 6.45) is 0.626. The number of urea groups is 1. The predicted molar refractivity (Wildman–Crippen MR) is 148 cm³/mol. The van der Waals surface area contributed by atoms with Crippen molar-refractivity contribution in [2.45, 2.75) is 32.7 Å². The number of anilines is 2. The zero-order valence-corrected chi connectivity index (χ0v) is 22.6. The number of aromatic nitrogens is 2. The first kappa shape index (κ1) is 25.8. The summed E-state index contributed by atoms with van der Waals surface area (Å²) in [4.78, 5) is 29.3. The molecule has 0 atom stereocenters.